The molecule has 0 spiro atoms. The van der Waals surface area contributed by atoms with Crippen LogP contribution in [0.5, 0.6) is 0 Å². The molecule has 1 aromatic rings. The average Bonchev–Trinajstić information content (AvgIpc) is 3.41. The molecule has 5 rings (SSSR count). The van der Waals surface area contributed by atoms with Gasteiger partial charge in [0.15, 0.2) is 0 Å². The van der Waals surface area contributed by atoms with E-state index in [0.29, 0.717) is 23.6 Å². The van der Waals surface area contributed by atoms with Crippen molar-refractivity contribution in [2.45, 2.75) is 36.6 Å². The van der Waals surface area contributed by atoms with E-state index in [9.17, 15) is 4.79 Å². The fourth-order valence-electron chi connectivity index (χ4n) is 3.99. The summed E-state index contributed by atoms with van der Waals surface area (Å²) in [5.41, 5.74) is 0. The van der Waals surface area contributed by atoms with Crippen LogP contribution in [-0.4, -0.2) is 53.7 Å². The number of benzene rings is 1. The summed E-state index contributed by atoms with van der Waals surface area (Å²) in [6.07, 6.45) is 5.43. The fourth-order valence-corrected chi connectivity index (χ4v) is 4.81. The summed E-state index contributed by atoms with van der Waals surface area (Å²) in [4.78, 5) is 18.7. The Morgan fingerprint density at radius 3 is 2.65 bits per heavy atom. The van der Waals surface area contributed by atoms with Gasteiger partial charge in [0.2, 0.25) is 5.91 Å². The molecule has 4 fully saturated rings. The molecule has 3 saturated heterocycles. The first-order valence-corrected chi connectivity index (χ1v) is 9.96. The summed E-state index contributed by atoms with van der Waals surface area (Å²) in [6.45, 7) is 4.43. The zero-order chi connectivity index (χ0) is 15.6. The number of thioether (sulfide) groups is 1. The van der Waals surface area contributed by atoms with Crippen molar-refractivity contribution in [3.05, 3.63) is 30.3 Å². The predicted molar refractivity (Wildman–Crippen MR) is 94.6 cm³/mol. The summed E-state index contributed by atoms with van der Waals surface area (Å²) >= 11 is 1.67. The molecule has 3 heterocycles. The van der Waals surface area contributed by atoms with Crippen LogP contribution in [0.4, 0.5) is 0 Å². The molecule has 0 radical (unpaired) electrons. The van der Waals surface area contributed by atoms with Crippen molar-refractivity contribution in [1.82, 2.24) is 9.80 Å². The third-order valence-electron chi connectivity index (χ3n) is 5.47. The molecule has 2 atom stereocenters. The molecule has 3 nitrogen and oxygen atoms in total. The van der Waals surface area contributed by atoms with Gasteiger partial charge in [0.1, 0.15) is 0 Å². The number of fused-ring (bicyclic) bond motifs is 4. The number of hydrogen-bond donors (Lipinski definition) is 0. The van der Waals surface area contributed by atoms with Gasteiger partial charge in [-0.2, -0.15) is 0 Å². The van der Waals surface area contributed by atoms with Crippen molar-refractivity contribution in [3.63, 3.8) is 0 Å². The van der Waals surface area contributed by atoms with Crippen LogP contribution in [0, 0.1) is 11.8 Å². The molecule has 1 aromatic carbocycles. The quantitative estimate of drug-likeness (QED) is 0.775. The van der Waals surface area contributed by atoms with Gasteiger partial charge in [-0.05, 0) is 49.7 Å². The van der Waals surface area contributed by atoms with Crippen LogP contribution in [0.15, 0.2) is 35.2 Å². The van der Waals surface area contributed by atoms with Crippen LogP contribution < -0.4 is 0 Å². The molecule has 23 heavy (non-hydrogen) atoms. The first-order chi connectivity index (χ1) is 11.3. The topological polar surface area (TPSA) is 23.6 Å². The Kier molecular flexibility index (Phi) is 4.63. The van der Waals surface area contributed by atoms with E-state index >= 15 is 0 Å². The molecule has 0 N–H and O–H groups in total. The Bertz CT molecular complexity index is 546. The first-order valence-electron chi connectivity index (χ1n) is 8.97. The fraction of sp³-hybridized carbons (Fsp3) is 0.632. The van der Waals surface area contributed by atoms with Gasteiger partial charge in [0, 0.05) is 37.1 Å². The lowest BCUT2D eigenvalue weighted by Gasteiger charge is -2.36. The minimum Gasteiger partial charge on any atom is -0.340 e. The van der Waals surface area contributed by atoms with Crippen LogP contribution in [0.3, 0.4) is 0 Å². The van der Waals surface area contributed by atoms with Gasteiger partial charge in [0.05, 0.1) is 5.75 Å². The normalized spacial score (nSPS) is 27.9. The van der Waals surface area contributed by atoms with Crippen molar-refractivity contribution >= 4 is 17.7 Å². The summed E-state index contributed by atoms with van der Waals surface area (Å²) in [6, 6.07) is 10.9. The molecular weight excluding hydrogens is 304 g/mol. The van der Waals surface area contributed by atoms with Gasteiger partial charge in [0.25, 0.3) is 0 Å². The maximum atomic E-state index is 12.7. The Labute approximate surface area is 143 Å². The van der Waals surface area contributed by atoms with E-state index < -0.39 is 0 Å². The second-order valence-corrected chi connectivity index (χ2v) is 8.44. The van der Waals surface area contributed by atoms with Gasteiger partial charge in [-0.15, -0.1) is 11.8 Å². The van der Waals surface area contributed by atoms with Gasteiger partial charge < -0.3 is 4.90 Å². The maximum absolute atomic E-state index is 12.7. The summed E-state index contributed by atoms with van der Waals surface area (Å²) in [5, 5.41) is 0. The van der Waals surface area contributed by atoms with E-state index in [2.05, 4.69) is 21.9 Å². The van der Waals surface area contributed by atoms with E-state index in [1.54, 1.807) is 11.8 Å². The summed E-state index contributed by atoms with van der Waals surface area (Å²) < 4.78 is 0. The number of rotatable bonds is 5. The zero-order valence-corrected chi connectivity index (χ0v) is 14.5. The molecule has 4 heteroatoms. The monoisotopic (exact) mass is 330 g/mol. The number of carbonyl (C=O) groups excluding carboxylic acids is 1. The molecule has 1 aliphatic carbocycles. The molecule has 1 saturated carbocycles. The number of piperidine rings is 1. The minimum absolute atomic E-state index is 0.323. The molecule has 3 aliphatic heterocycles. The van der Waals surface area contributed by atoms with Crippen LogP contribution >= 0.6 is 11.8 Å². The number of amides is 1. The van der Waals surface area contributed by atoms with Crippen LogP contribution in [0.1, 0.15) is 25.7 Å². The standard InChI is InChI=1S/C19H26N2OS/c22-19(14-23-18-4-2-1-3-5-18)21-12-16-8-9-17(13-21)20(11-16)10-15-6-7-15/h1-5,15-17H,6-14H2/t16-,17-/m1/s1. The van der Waals surface area contributed by atoms with Crippen LogP contribution in [0.2, 0.25) is 0 Å². The first kappa shape index (κ1) is 15.5. The Balaban J connectivity index is 1.34. The molecule has 0 aromatic heterocycles. The lowest BCUT2D eigenvalue weighted by atomic mass is 9.95. The zero-order valence-electron chi connectivity index (χ0n) is 13.7. The number of carbonyl (C=O) groups is 1. The van der Waals surface area contributed by atoms with E-state index in [0.717, 1.165) is 19.0 Å². The van der Waals surface area contributed by atoms with E-state index in [-0.39, 0.29) is 0 Å². The van der Waals surface area contributed by atoms with E-state index in [4.69, 9.17) is 0 Å². The van der Waals surface area contributed by atoms with Crippen molar-refractivity contribution < 1.29 is 4.79 Å². The van der Waals surface area contributed by atoms with Gasteiger partial charge in [-0.3, -0.25) is 9.69 Å². The number of hydrogen-bond acceptors (Lipinski definition) is 3. The summed E-state index contributed by atoms with van der Waals surface area (Å²) in [7, 11) is 0. The van der Waals surface area contributed by atoms with Crippen molar-refractivity contribution in [3.8, 4) is 0 Å². The SMILES string of the molecule is O=C(CSc1ccccc1)N1C[C@@H]2CC[C@H](C1)N(CC1CC1)C2. The van der Waals surface area contributed by atoms with E-state index in [1.165, 1.54) is 43.7 Å². The molecule has 1 amide bonds. The van der Waals surface area contributed by atoms with Crippen LogP contribution in [0.25, 0.3) is 0 Å². The highest BCUT2D eigenvalue weighted by atomic mass is 32.2. The van der Waals surface area contributed by atoms with E-state index in [1.807, 2.05) is 18.2 Å². The van der Waals surface area contributed by atoms with Crippen LogP contribution in [-0.2, 0) is 4.79 Å². The molecule has 0 unspecified atom stereocenters. The van der Waals surface area contributed by atoms with Crippen molar-refractivity contribution in [2.24, 2.45) is 11.8 Å². The number of nitrogens with zero attached hydrogens (tertiary/aromatic N) is 2. The van der Waals surface area contributed by atoms with Gasteiger partial charge in [-0.25, -0.2) is 0 Å². The molecular formula is C19H26N2OS. The second-order valence-electron chi connectivity index (χ2n) is 7.39. The minimum atomic E-state index is 0.323. The highest BCUT2D eigenvalue weighted by molar-refractivity contribution is 8.00. The van der Waals surface area contributed by atoms with Crippen molar-refractivity contribution in [2.75, 3.05) is 31.9 Å². The van der Waals surface area contributed by atoms with Gasteiger partial charge in [-0.1, -0.05) is 18.2 Å². The smallest absolute Gasteiger partial charge is 0.232 e. The largest absolute Gasteiger partial charge is 0.340 e. The average molecular weight is 330 g/mol. The summed E-state index contributed by atoms with van der Waals surface area (Å²) in [5.74, 6) is 2.54. The highest BCUT2D eigenvalue weighted by Crippen LogP contribution is 2.35. The third-order valence-corrected chi connectivity index (χ3v) is 6.47. The predicted octanol–water partition coefficient (Wildman–Crippen LogP) is 3.11. The lowest BCUT2D eigenvalue weighted by Crippen LogP contribution is -2.45. The second kappa shape index (κ2) is 6.86. The highest BCUT2D eigenvalue weighted by Gasteiger charge is 2.38. The maximum Gasteiger partial charge on any atom is 0.232 e. The van der Waals surface area contributed by atoms with Gasteiger partial charge >= 0.3 is 0 Å². The third kappa shape index (κ3) is 3.92. The Morgan fingerprint density at radius 2 is 1.87 bits per heavy atom. The molecule has 124 valence electrons. The van der Waals surface area contributed by atoms with Crippen molar-refractivity contribution in [1.29, 1.82) is 0 Å². The molecule has 4 aliphatic rings. The Morgan fingerprint density at radius 1 is 1.04 bits per heavy atom. The lowest BCUT2D eigenvalue weighted by molar-refractivity contribution is -0.128. The molecule has 2 bridgehead atoms. The Hall–Kier alpha value is -1.00.